The zero-order chi connectivity index (χ0) is 20.8. The molecule has 0 saturated carbocycles. The van der Waals surface area contributed by atoms with Gasteiger partial charge in [0.15, 0.2) is 11.9 Å². The van der Waals surface area contributed by atoms with Crippen molar-refractivity contribution in [2.45, 2.75) is 38.6 Å². The summed E-state index contributed by atoms with van der Waals surface area (Å²) in [6, 6.07) is 8.27. The molecule has 3 atom stereocenters. The van der Waals surface area contributed by atoms with Crippen molar-refractivity contribution in [2.24, 2.45) is 4.99 Å². The molecule has 0 bridgehead atoms. The number of anilines is 1. The van der Waals surface area contributed by atoms with E-state index in [1.807, 2.05) is 25.1 Å². The van der Waals surface area contributed by atoms with Crippen LogP contribution in [0, 0.1) is 0 Å². The van der Waals surface area contributed by atoms with Crippen LogP contribution in [0.5, 0.6) is 0 Å². The molecule has 156 valence electrons. The van der Waals surface area contributed by atoms with E-state index in [4.69, 9.17) is 9.73 Å². The molecule has 3 aliphatic heterocycles. The van der Waals surface area contributed by atoms with Crippen molar-refractivity contribution in [3.63, 3.8) is 0 Å². The lowest BCUT2D eigenvalue weighted by Crippen LogP contribution is -2.54. The summed E-state index contributed by atoms with van der Waals surface area (Å²) in [5.74, 6) is 0.602. The van der Waals surface area contributed by atoms with E-state index in [2.05, 4.69) is 47.5 Å². The van der Waals surface area contributed by atoms with Gasteiger partial charge in [-0.25, -0.2) is 5.43 Å². The minimum Gasteiger partial charge on any atom is -0.482 e. The van der Waals surface area contributed by atoms with Crippen molar-refractivity contribution in [2.75, 3.05) is 18.1 Å². The molecule has 1 aromatic rings. The number of ether oxygens (including phenoxy) is 1. The highest BCUT2D eigenvalue weighted by molar-refractivity contribution is 7.77. The second kappa shape index (κ2) is 7.70. The zero-order valence-corrected chi connectivity index (χ0v) is 17.9. The van der Waals surface area contributed by atoms with Gasteiger partial charge in [-0.1, -0.05) is 37.1 Å². The monoisotopic (exact) mass is 423 g/mol. The molecular formula is C22H25N5O2S. The fourth-order valence-electron chi connectivity index (χ4n) is 4.57. The van der Waals surface area contributed by atoms with Crippen molar-refractivity contribution in [1.29, 1.82) is 0 Å². The van der Waals surface area contributed by atoms with Crippen LogP contribution in [0.4, 0.5) is 5.69 Å². The lowest BCUT2D eigenvalue weighted by molar-refractivity contribution is -0.111. The van der Waals surface area contributed by atoms with Gasteiger partial charge in [-0.05, 0) is 37.6 Å². The minimum atomic E-state index is -0.316. The van der Waals surface area contributed by atoms with Crippen LogP contribution in [0.2, 0.25) is 0 Å². The molecule has 4 aliphatic rings. The van der Waals surface area contributed by atoms with Crippen LogP contribution < -0.4 is 15.6 Å². The first-order chi connectivity index (χ1) is 14.5. The predicted octanol–water partition coefficient (Wildman–Crippen LogP) is 2.11. The number of hydrogen-bond donors (Lipinski definition) is 3. The Kier molecular flexibility index (Phi) is 5.02. The van der Waals surface area contributed by atoms with Crippen LogP contribution >= 0.6 is 12.8 Å². The van der Waals surface area contributed by atoms with Gasteiger partial charge in [0.05, 0.1) is 24.0 Å². The number of aliphatic imine (C=N–C) groups is 1. The molecule has 1 aliphatic carbocycles. The fraction of sp³-hybridized carbons (Fsp3) is 0.364. The van der Waals surface area contributed by atoms with Gasteiger partial charge >= 0.3 is 0 Å². The first-order valence-electron chi connectivity index (χ1n) is 10.2. The Morgan fingerprint density at radius 3 is 2.97 bits per heavy atom. The topological polar surface area (TPSA) is 69.2 Å². The van der Waals surface area contributed by atoms with Gasteiger partial charge in [-0.3, -0.25) is 15.1 Å². The molecule has 0 saturated heterocycles. The number of fused-ring (bicyclic) bond motifs is 5. The maximum absolute atomic E-state index is 12.9. The second-order valence-electron chi connectivity index (χ2n) is 8.00. The van der Waals surface area contributed by atoms with Gasteiger partial charge < -0.3 is 9.64 Å². The number of allylic oxidation sites excluding steroid dienone is 5. The smallest absolute Gasteiger partial charge is 0.191 e. The van der Waals surface area contributed by atoms with Gasteiger partial charge in [0.1, 0.15) is 12.4 Å². The second-order valence-corrected chi connectivity index (χ2v) is 8.49. The van der Waals surface area contributed by atoms with E-state index in [1.54, 1.807) is 16.6 Å². The number of carbonyl (C=O) groups is 1. The third-order valence-corrected chi connectivity index (χ3v) is 6.10. The molecule has 7 nitrogen and oxygen atoms in total. The van der Waals surface area contributed by atoms with Crippen LogP contribution in [-0.4, -0.2) is 47.4 Å². The molecule has 30 heavy (non-hydrogen) atoms. The van der Waals surface area contributed by atoms with Crippen LogP contribution in [0.3, 0.4) is 0 Å². The molecule has 0 amide bonds. The molecule has 5 rings (SSSR count). The minimum absolute atomic E-state index is 0.0129. The maximum Gasteiger partial charge on any atom is 0.191 e. The van der Waals surface area contributed by atoms with E-state index in [9.17, 15) is 4.79 Å². The molecule has 0 fully saturated rings. The molecule has 3 unspecified atom stereocenters. The van der Waals surface area contributed by atoms with Crippen molar-refractivity contribution in [1.82, 2.24) is 15.2 Å². The van der Waals surface area contributed by atoms with E-state index >= 15 is 0 Å². The molecule has 8 heteroatoms. The zero-order valence-electron chi connectivity index (χ0n) is 17.0. The van der Waals surface area contributed by atoms with Gasteiger partial charge in [0, 0.05) is 23.8 Å². The van der Waals surface area contributed by atoms with Crippen molar-refractivity contribution >= 4 is 30.0 Å². The molecule has 1 aromatic carbocycles. The summed E-state index contributed by atoms with van der Waals surface area (Å²) in [6.07, 6.45) is 5.64. The number of benzene rings is 1. The first-order valence-corrected chi connectivity index (χ1v) is 10.6. The van der Waals surface area contributed by atoms with E-state index in [0.29, 0.717) is 31.0 Å². The summed E-state index contributed by atoms with van der Waals surface area (Å²) in [6.45, 7) is 5.06. The lowest BCUT2D eigenvalue weighted by Gasteiger charge is -2.36. The van der Waals surface area contributed by atoms with Crippen molar-refractivity contribution in [3.05, 3.63) is 65.1 Å². The highest BCUT2D eigenvalue weighted by Crippen LogP contribution is 2.40. The summed E-state index contributed by atoms with van der Waals surface area (Å²) >= 11 is 4.47. The molecule has 0 radical (unpaired) electrons. The summed E-state index contributed by atoms with van der Waals surface area (Å²) in [5.41, 5.74) is 8.12. The maximum atomic E-state index is 12.9. The lowest BCUT2D eigenvalue weighted by atomic mass is 9.97. The number of hydrazine groups is 1. The van der Waals surface area contributed by atoms with Crippen LogP contribution in [0.15, 0.2) is 64.5 Å². The highest BCUT2D eigenvalue weighted by Gasteiger charge is 2.39. The van der Waals surface area contributed by atoms with E-state index in [1.165, 1.54) is 5.56 Å². The fourth-order valence-corrected chi connectivity index (χ4v) is 4.81. The molecule has 0 aromatic heterocycles. The average Bonchev–Trinajstić information content (AvgIpc) is 3.06. The van der Waals surface area contributed by atoms with E-state index in [-0.39, 0.29) is 24.1 Å². The van der Waals surface area contributed by atoms with Gasteiger partial charge in [0.2, 0.25) is 0 Å². The molecular weight excluding hydrogens is 398 g/mol. The Hall–Kier alpha value is -2.39. The Morgan fingerprint density at radius 1 is 1.27 bits per heavy atom. The average molecular weight is 424 g/mol. The summed E-state index contributed by atoms with van der Waals surface area (Å²) in [7, 11) is 0. The van der Waals surface area contributed by atoms with Gasteiger partial charge in [0.25, 0.3) is 0 Å². The number of thiol groups is 1. The predicted molar refractivity (Wildman–Crippen MR) is 120 cm³/mol. The molecule has 2 N–H and O–H groups in total. The van der Waals surface area contributed by atoms with Crippen LogP contribution in [-0.2, 0) is 16.0 Å². The normalized spacial score (nSPS) is 31.5. The van der Waals surface area contributed by atoms with Gasteiger partial charge in [-0.15, -0.1) is 0 Å². The molecule has 3 heterocycles. The number of para-hydroxylation sites is 1. The standard InChI is InChI=1S/C22H25N5O2S/c1-13-22-16(23-12-27(30)25-14(2)24-13)11-26-17-7-4-3-6-15(17)10-18(26)21-19(28)8-5-9-20(21)29-22/h3-9,13-14,22,24-25,30H,10-12H2,1-2H3/b21-18-,23-16?. The van der Waals surface area contributed by atoms with Crippen LogP contribution in [0.1, 0.15) is 19.4 Å². The first kappa shape index (κ1) is 19.6. The highest BCUT2D eigenvalue weighted by atomic mass is 32.1. The van der Waals surface area contributed by atoms with E-state index < -0.39 is 0 Å². The Labute approximate surface area is 181 Å². The third-order valence-electron chi connectivity index (χ3n) is 5.86. The number of ketones is 1. The van der Waals surface area contributed by atoms with Crippen molar-refractivity contribution < 1.29 is 9.53 Å². The SMILES string of the molecule is CC1NC(C)C2OC3=CC=CC(=O)/C3=C3\Cc4ccccc4N3CC2=NCN(S)N1. The van der Waals surface area contributed by atoms with Crippen molar-refractivity contribution in [3.8, 4) is 0 Å². The summed E-state index contributed by atoms with van der Waals surface area (Å²) in [4.78, 5) is 20.0. The number of rotatable bonds is 0. The van der Waals surface area contributed by atoms with Crippen LogP contribution in [0.25, 0.3) is 0 Å². The third kappa shape index (κ3) is 3.39. The molecule has 0 spiro atoms. The van der Waals surface area contributed by atoms with Gasteiger partial charge in [-0.2, -0.15) is 4.41 Å². The Balaban J connectivity index is 1.66. The number of nitrogens with one attached hydrogen (secondary N) is 2. The Bertz CT molecular complexity index is 1010. The Morgan fingerprint density at radius 2 is 2.10 bits per heavy atom. The number of carbonyl (C=O) groups excluding carboxylic acids is 1. The summed E-state index contributed by atoms with van der Waals surface area (Å²) < 4.78 is 8.18. The van der Waals surface area contributed by atoms with E-state index in [0.717, 1.165) is 17.1 Å². The quantitative estimate of drug-likeness (QED) is 0.556. The number of hydrogen-bond acceptors (Lipinski definition) is 8. The summed E-state index contributed by atoms with van der Waals surface area (Å²) in [5, 5.41) is 3.51. The number of nitrogens with zero attached hydrogens (tertiary/aromatic N) is 3. The largest absolute Gasteiger partial charge is 0.482 e.